The van der Waals surface area contributed by atoms with Crippen molar-refractivity contribution in [3.05, 3.63) is 83.9 Å². The third-order valence-electron chi connectivity index (χ3n) is 8.30. The molecule has 3 N–H and O–H groups in total. The highest BCUT2D eigenvalue weighted by Crippen LogP contribution is 2.58. The van der Waals surface area contributed by atoms with Gasteiger partial charge in [-0.1, -0.05) is 55.5 Å². The molecule has 38 heavy (non-hydrogen) atoms. The van der Waals surface area contributed by atoms with E-state index < -0.39 is 13.7 Å². The number of hydrogen-bond donors (Lipinski definition) is 3. The summed E-state index contributed by atoms with van der Waals surface area (Å²) in [6, 6.07) is 22.6. The van der Waals surface area contributed by atoms with Gasteiger partial charge in [0.05, 0.1) is 21.3 Å². The highest BCUT2D eigenvalue weighted by atomic mass is 28.3. The lowest BCUT2D eigenvalue weighted by Gasteiger charge is -2.37. The molecule has 1 saturated heterocycles. The maximum absolute atomic E-state index is 13.7. The molecular weight excluding hydrogens is 496 g/mol. The smallest absolute Gasteiger partial charge is 0.261 e. The quantitative estimate of drug-likeness (QED) is 0.391. The van der Waals surface area contributed by atoms with Crippen LogP contribution in [0.4, 0.5) is 11.4 Å². The van der Waals surface area contributed by atoms with Crippen molar-refractivity contribution in [1.82, 2.24) is 0 Å². The number of benzene rings is 3. The summed E-state index contributed by atoms with van der Waals surface area (Å²) in [5, 5.41) is 17.2. The Kier molecular flexibility index (Phi) is 6.89. The Labute approximate surface area is 224 Å². The Morgan fingerprint density at radius 2 is 1.82 bits per heavy atom. The Morgan fingerprint density at radius 3 is 2.47 bits per heavy atom. The van der Waals surface area contributed by atoms with Crippen molar-refractivity contribution in [1.29, 1.82) is 0 Å². The Bertz CT molecular complexity index is 1340. The highest BCUT2D eigenvalue weighted by Gasteiger charge is 2.64. The summed E-state index contributed by atoms with van der Waals surface area (Å²) in [5.74, 6) is 0.217. The molecule has 2 aliphatic heterocycles. The first kappa shape index (κ1) is 26.2. The summed E-state index contributed by atoms with van der Waals surface area (Å²) in [6.07, 6.45) is 0.147. The summed E-state index contributed by atoms with van der Waals surface area (Å²) >= 11 is 0. The van der Waals surface area contributed by atoms with Gasteiger partial charge in [0.25, 0.3) is 11.8 Å². The minimum Gasteiger partial charge on any atom is -0.497 e. The minimum atomic E-state index is -2.22. The van der Waals surface area contributed by atoms with Crippen molar-refractivity contribution in [2.45, 2.75) is 43.7 Å². The first-order chi connectivity index (χ1) is 18.2. The van der Waals surface area contributed by atoms with Gasteiger partial charge in [-0.25, -0.2) is 0 Å². The molecule has 0 aliphatic carbocycles. The lowest BCUT2D eigenvalue weighted by molar-refractivity contribution is -0.143. The van der Waals surface area contributed by atoms with Crippen LogP contribution in [0.25, 0.3) is 0 Å². The zero-order chi connectivity index (χ0) is 27.1. The molecule has 3 aromatic rings. The Hall–Kier alpha value is -3.46. The molecule has 198 valence electrons. The number of aliphatic hydroxyl groups excluding tert-OH is 1. The number of aliphatic hydroxyl groups is 1. The normalized spacial score (nSPS) is 24.2. The van der Waals surface area contributed by atoms with Gasteiger partial charge in [0.1, 0.15) is 5.75 Å². The van der Waals surface area contributed by atoms with Crippen molar-refractivity contribution >= 4 is 36.4 Å². The second-order valence-corrected chi connectivity index (χ2v) is 15.4. The van der Waals surface area contributed by atoms with E-state index in [9.17, 15) is 14.7 Å². The van der Waals surface area contributed by atoms with Gasteiger partial charge in [0.15, 0.2) is 5.60 Å². The highest BCUT2D eigenvalue weighted by molar-refractivity contribution is 6.91. The number of amides is 2. The fourth-order valence-corrected chi connectivity index (χ4v) is 10.5. The van der Waals surface area contributed by atoms with E-state index in [-0.39, 0.29) is 36.0 Å². The summed E-state index contributed by atoms with van der Waals surface area (Å²) in [6.45, 7) is 6.66. The van der Waals surface area contributed by atoms with E-state index in [0.29, 0.717) is 23.4 Å². The molecule has 0 saturated carbocycles. The minimum absolute atomic E-state index is 0.0291. The molecule has 1 fully saturated rings. The number of nitrogens with one attached hydrogen (secondary N) is 2. The third-order valence-corrected chi connectivity index (χ3v) is 12.7. The van der Waals surface area contributed by atoms with E-state index in [1.54, 1.807) is 25.3 Å². The van der Waals surface area contributed by atoms with E-state index in [1.807, 2.05) is 42.5 Å². The molecule has 1 spiro atoms. The SMILES string of the molecule is COc1ccc([Si](C)(C)[C@H]2[C@H](CCO)O[C@@]3(C(=O)Nc4ccc(NC(=O)c5ccccc5)cc43)[C@@H]2C)cc1. The molecule has 3 aromatic carbocycles. The summed E-state index contributed by atoms with van der Waals surface area (Å²) in [7, 11) is -0.564. The van der Waals surface area contributed by atoms with Crippen LogP contribution >= 0.6 is 0 Å². The van der Waals surface area contributed by atoms with E-state index in [0.717, 1.165) is 11.3 Å². The van der Waals surface area contributed by atoms with Crippen LogP contribution in [0.3, 0.4) is 0 Å². The first-order valence-electron chi connectivity index (χ1n) is 13.0. The van der Waals surface area contributed by atoms with Crippen molar-refractivity contribution < 1.29 is 24.2 Å². The van der Waals surface area contributed by atoms with Crippen LogP contribution in [0.15, 0.2) is 72.8 Å². The van der Waals surface area contributed by atoms with Gasteiger partial charge in [0, 0.05) is 35.0 Å². The average molecular weight is 531 g/mol. The Morgan fingerprint density at radius 1 is 1.11 bits per heavy atom. The Balaban J connectivity index is 1.52. The molecule has 0 bridgehead atoms. The molecule has 0 radical (unpaired) electrons. The summed E-state index contributed by atoms with van der Waals surface area (Å²) in [5.41, 5.74) is 1.42. The molecular formula is C30H34N2O5Si. The second kappa shape index (κ2) is 10.0. The molecule has 2 aliphatic rings. The van der Waals surface area contributed by atoms with Crippen LogP contribution in [0.5, 0.6) is 5.75 Å². The number of hydrogen-bond acceptors (Lipinski definition) is 5. The number of fused-ring (bicyclic) bond motifs is 2. The van der Waals surface area contributed by atoms with Gasteiger partial charge in [-0.2, -0.15) is 0 Å². The van der Waals surface area contributed by atoms with Gasteiger partial charge in [-0.3, -0.25) is 9.59 Å². The number of carbonyl (C=O) groups excluding carboxylic acids is 2. The van der Waals surface area contributed by atoms with E-state index in [2.05, 4.69) is 42.8 Å². The molecule has 7 nitrogen and oxygen atoms in total. The van der Waals surface area contributed by atoms with Crippen LogP contribution in [-0.4, -0.2) is 44.8 Å². The predicted octanol–water partition coefficient (Wildman–Crippen LogP) is 4.50. The largest absolute Gasteiger partial charge is 0.497 e. The van der Waals surface area contributed by atoms with Gasteiger partial charge in [0.2, 0.25) is 0 Å². The van der Waals surface area contributed by atoms with Crippen LogP contribution in [0.1, 0.15) is 29.3 Å². The molecule has 0 aromatic heterocycles. The maximum Gasteiger partial charge on any atom is 0.261 e. The summed E-state index contributed by atoms with van der Waals surface area (Å²) < 4.78 is 12.1. The third kappa shape index (κ3) is 4.22. The predicted molar refractivity (Wildman–Crippen MR) is 151 cm³/mol. The first-order valence-corrected chi connectivity index (χ1v) is 16.1. The zero-order valence-electron chi connectivity index (χ0n) is 22.2. The summed E-state index contributed by atoms with van der Waals surface area (Å²) in [4.78, 5) is 26.5. The second-order valence-electron chi connectivity index (χ2n) is 10.7. The molecule has 2 amide bonds. The van der Waals surface area contributed by atoms with Crippen LogP contribution < -0.4 is 20.6 Å². The fourth-order valence-electron chi connectivity index (χ4n) is 6.40. The van der Waals surface area contributed by atoms with Crippen LogP contribution in [0, 0.1) is 5.92 Å². The van der Waals surface area contributed by atoms with E-state index in [4.69, 9.17) is 9.47 Å². The number of anilines is 2. The van der Waals surface area contributed by atoms with Crippen molar-refractivity contribution in [3.8, 4) is 5.75 Å². The zero-order valence-corrected chi connectivity index (χ0v) is 23.2. The van der Waals surface area contributed by atoms with E-state index in [1.165, 1.54) is 5.19 Å². The van der Waals surface area contributed by atoms with Gasteiger partial charge < -0.3 is 25.2 Å². The molecule has 5 rings (SSSR count). The van der Waals surface area contributed by atoms with Crippen molar-refractivity contribution in [3.63, 3.8) is 0 Å². The lowest BCUT2D eigenvalue weighted by Crippen LogP contribution is -2.51. The standard InChI is InChI=1S/C30H34N2O5Si/c1-19-27(38(3,4)23-13-11-22(36-2)12-14-23)26(16-17-33)37-30(19)24-18-21(10-15-25(24)32-29(30)35)31-28(34)20-8-6-5-7-9-20/h5-15,18-19,26-27,33H,16-17H2,1-4H3,(H,31,34)(H,32,35)/t19-,26+,27-,30+/m1/s1. The maximum atomic E-state index is 13.7. The molecule has 8 heteroatoms. The van der Waals surface area contributed by atoms with E-state index >= 15 is 0 Å². The van der Waals surface area contributed by atoms with Crippen LogP contribution in [-0.2, 0) is 15.1 Å². The molecule has 0 unspecified atom stereocenters. The van der Waals surface area contributed by atoms with Crippen LogP contribution in [0.2, 0.25) is 18.6 Å². The number of ether oxygens (including phenoxy) is 2. The fraction of sp³-hybridized carbons (Fsp3) is 0.333. The van der Waals surface area contributed by atoms with Gasteiger partial charge in [-0.15, -0.1) is 0 Å². The number of carbonyl (C=O) groups is 2. The number of methoxy groups -OCH3 is 1. The van der Waals surface area contributed by atoms with Crippen molar-refractivity contribution in [2.75, 3.05) is 24.4 Å². The lowest BCUT2D eigenvalue weighted by atomic mass is 9.82. The topological polar surface area (TPSA) is 96.9 Å². The van der Waals surface area contributed by atoms with Crippen molar-refractivity contribution in [2.24, 2.45) is 5.92 Å². The van der Waals surface area contributed by atoms with Gasteiger partial charge in [-0.05, 0) is 54.4 Å². The number of rotatable bonds is 7. The average Bonchev–Trinajstić information content (AvgIpc) is 3.38. The van der Waals surface area contributed by atoms with Gasteiger partial charge >= 0.3 is 0 Å². The monoisotopic (exact) mass is 530 g/mol. The molecule has 4 atom stereocenters. The molecule has 2 heterocycles.